The van der Waals surface area contributed by atoms with Crippen molar-refractivity contribution in [3.05, 3.63) is 53.0 Å². The van der Waals surface area contributed by atoms with Crippen LogP contribution in [0.15, 0.2) is 45.4 Å². The van der Waals surface area contributed by atoms with Crippen molar-refractivity contribution in [2.45, 2.75) is 23.8 Å². The fourth-order valence-corrected chi connectivity index (χ4v) is 2.88. The normalized spacial score (nSPS) is 11.7. The van der Waals surface area contributed by atoms with Crippen LogP contribution in [-0.2, 0) is 0 Å². The summed E-state index contributed by atoms with van der Waals surface area (Å²) in [6.07, 6.45) is 0. The number of halogens is 1. The molecular formula is C14H14FN3OS. The number of pyridine rings is 1. The monoisotopic (exact) mass is 291 g/mol. The van der Waals surface area contributed by atoms with Gasteiger partial charge in [0.1, 0.15) is 10.8 Å². The van der Waals surface area contributed by atoms with Gasteiger partial charge in [-0.1, -0.05) is 16.9 Å². The van der Waals surface area contributed by atoms with Crippen LogP contribution in [0.4, 0.5) is 4.39 Å². The van der Waals surface area contributed by atoms with Gasteiger partial charge in [0.05, 0.1) is 0 Å². The molecule has 0 aliphatic heterocycles. The van der Waals surface area contributed by atoms with Crippen molar-refractivity contribution in [1.29, 1.82) is 0 Å². The maximum absolute atomic E-state index is 13.3. The summed E-state index contributed by atoms with van der Waals surface area (Å²) >= 11 is 1.35. The average molecular weight is 291 g/mol. The Balaban J connectivity index is 2.43. The van der Waals surface area contributed by atoms with Crippen molar-refractivity contribution in [2.75, 3.05) is 0 Å². The predicted molar refractivity (Wildman–Crippen MR) is 76.7 cm³/mol. The lowest BCUT2D eigenvalue weighted by Crippen LogP contribution is -2.14. The Hall–Kier alpha value is -2.08. The molecule has 3 N–H and O–H groups in total. The van der Waals surface area contributed by atoms with E-state index in [9.17, 15) is 4.39 Å². The van der Waals surface area contributed by atoms with Gasteiger partial charge in [0.25, 0.3) is 0 Å². The van der Waals surface area contributed by atoms with E-state index in [-0.39, 0.29) is 5.84 Å². The van der Waals surface area contributed by atoms with E-state index in [1.54, 1.807) is 6.07 Å². The molecule has 1 heterocycles. The number of nitrogens with zero attached hydrogens (tertiary/aromatic N) is 2. The lowest BCUT2D eigenvalue weighted by Gasteiger charge is -2.08. The van der Waals surface area contributed by atoms with Crippen LogP contribution in [0, 0.1) is 19.7 Å². The zero-order valence-corrected chi connectivity index (χ0v) is 11.9. The number of nitrogens with two attached hydrogens (primary N) is 1. The molecule has 2 rings (SSSR count). The summed E-state index contributed by atoms with van der Waals surface area (Å²) in [5.41, 5.74) is 7.92. The number of hydrogen-bond donors (Lipinski definition) is 2. The summed E-state index contributed by atoms with van der Waals surface area (Å²) in [7, 11) is 0. The molecule has 0 radical (unpaired) electrons. The Bertz CT molecular complexity index is 653. The molecule has 1 aromatic heterocycles. The molecule has 6 heteroatoms. The number of aryl methyl sites for hydroxylation is 2. The van der Waals surface area contributed by atoms with Gasteiger partial charge in [-0.15, -0.1) is 0 Å². The molecule has 0 fully saturated rings. The van der Waals surface area contributed by atoms with E-state index in [1.165, 1.54) is 23.9 Å². The topological polar surface area (TPSA) is 71.5 Å². The first kappa shape index (κ1) is 14.3. The van der Waals surface area contributed by atoms with E-state index in [2.05, 4.69) is 10.1 Å². The molecule has 104 valence electrons. The first-order chi connectivity index (χ1) is 9.49. The van der Waals surface area contributed by atoms with Gasteiger partial charge in [-0.25, -0.2) is 9.37 Å². The Labute approximate surface area is 120 Å². The standard InChI is InChI=1S/C14H14FN3OS/c1-8-5-9(2)17-13(6-8)20-12-4-3-10(15)7-11(12)14(16)18-19/h3-7,19H,1-2H3,(H2,16,18). The van der Waals surface area contributed by atoms with Gasteiger partial charge in [0.15, 0.2) is 5.84 Å². The van der Waals surface area contributed by atoms with Gasteiger partial charge in [-0.2, -0.15) is 0 Å². The first-order valence-corrected chi connectivity index (χ1v) is 6.72. The molecule has 4 nitrogen and oxygen atoms in total. The number of hydrogen-bond acceptors (Lipinski definition) is 4. The number of benzene rings is 1. The van der Waals surface area contributed by atoms with E-state index in [0.717, 1.165) is 16.3 Å². The maximum atomic E-state index is 13.3. The van der Waals surface area contributed by atoms with E-state index in [4.69, 9.17) is 10.9 Å². The van der Waals surface area contributed by atoms with Crippen molar-refractivity contribution >= 4 is 17.6 Å². The molecule has 0 aliphatic rings. The Morgan fingerprint density at radius 2 is 2.05 bits per heavy atom. The van der Waals surface area contributed by atoms with E-state index in [1.807, 2.05) is 26.0 Å². The third-order valence-electron chi connectivity index (χ3n) is 2.61. The second-order valence-electron chi connectivity index (χ2n) is 4.35. The van der Waals surface area contributed by atoms with Gasteiger partial charge < -0.3 is 10.9 Å². The molecule has 0 saturated carbocycles. The largest absolute Gasteiger partial charge is 0.409 e. The van der Waals surface area contributed by atoms with Crippen LogP contribution in [0.2, 0.25) is 0 Å². The minimum atomic E-state index is -0.440. The van der Waals surface area contributed by atoms with Crippen LogP contribution in [0.5, 0.6) is 0 Å². The summed E-state index contributed by atoms with van der Waals surface area (Å²) in [5.74, 6) is -0.569. The van der Waals surface area contributed by atoms with Crippen molar-refractivity contribution in [3.8, 4) is 0 Å². The number of aromatic nitrogens is 1. The van der Waals surface area contributed by atoms with E-state index in [0.29, 0.717) is 10.5 Å². The van der Waals surface area contributed by atoms with Crippen molar-refractivity contribution in [2.24, 2.45) is 10.9 Å². The Kier molecular flexibility index (Phi) is 4.24. The smallest absolute Gasteiger partial charge is 0.171 e. The Morgan fingerprint density at radius 1 is 1.30 bits per heavy atom. The van der Waals surface area contributed by atoms with Crippen LogP contribution in [0.25, 0.3) is 0 Å². The molecule has 0 saturated heterocycles. The quantitative estimate of drug-likeness (QED) is 0.394. The molecule has 0 atom stereocenters. The molecule has 0 spiro atoms. The van der Waals surface area contributed by atoms with Crippen molar-refractivity contribution < 1.29 is 9.60 Å². The molecule has 0 amide bonds. The summed E-state index contributed by atoms with van der Waals surface area (Å²) in [5, 5.41) is 12.5. The molecule has 1 aromatic carbocycles. The maximum Gasteiger partial charge on any atom is 0.171 e. The van der Waals surface area contributed by atoms with Gasteiger partial charge in [0.2, 0.25) is 0 Å². The fourth-order valence-electron chi connectivity index (χ4n) is 1.81. The SMILES string of the molecule is Cc1cc(C)nc(Sc2ccc(F)cc2/C(N)=N/O)c1. The zero-order valence-electron chi connectivity index (χ0n) is 11.1. The second kappa shape index (κ2) is 5.92. The molecule has 0 unspecified atom stereocenters. The number of amidine groups is 1. The third-order valence-corrected chi connectivity index (χ3v) is 3.61. The molecule has 0 bridgehead atoms. The molecule has 20 heavy (non-hydrogen) atoms. The van der Waals surface area contributed by atoms with Crippen LogP contribution < -0.4 is 5.73 Å². The predicted octanol–water partition coefficient (Wildman–Crippen LogP) is 3.08. The van der Waals surface area contributed by atoms with Crippen molar-refractivity contribution in [1.82, 2.24) is 4.98 Å². The van der Waals surface area contributed by atoms with E-state index >= 15 is 0 Å². The van der Waals surface area contributed by atoms with Crippen LogP contribution >= 0.6 is 11.8 Å². The van der Waals surface area contributed by atoms with Crippen LogP contribution in [-0.4, -0.2) is 16.0 Å². The number of oxime groups is 1. The Morgan fingerprint density at radius 3 is 2.70 bits per heavy atom. The second-order valence-corrected chi connectivity index (χ2v) is 5.41. The minimum absolute atomic E-state index is 0.128. The van der Waals surface area contributed by atoms with Crippen LogP contribution in [0.3, 0.4) is 0 Å². The highest BCUT2D eigenvalue weighted by atomic mass is 32.2. The summed E-state index contributed by atoms with van der Waals surface area (Å²) in [6, 6.07) is 8.06. The van der Waals surface area contributed by atoms with Gasteiger partial charge >= 0.3 is 0 Å². The summed E-state index contributed by atoms with van der Waals surface area (Å²) < 4.78 is 13.3. The van der Waals surface area contributed by atoms with Crippen molar-refractivity contribution in [3.63, 3.8) is 0 Å². The molecule has 2 aromatic rings. The zero-order chi connectivity index (χ0) is 14.7. The summed E-state index contributed by atoms with van der Waals surface area (Å²) in [6.45, 7) is 3.89. The highest BCUT2D eigenvalue weighted by Crippen LogP contribution is 2.30. The van der Waals surface area contributed by atoms with Crippen LogP contribution in [0.1, 0.15) is 16.8 Å². The highest BCUT2D eigenvalue weighted by molar-refractivity contribution is 7.99. The lowest BCUT2D eigenvalue weighted by molar-refractivity contribution is 0.318. The first-order valence-electron chi connectivity index (χ1n) is 5.90. The fraction of sp³-hybridized carbons (Fsp3) is 0.143. The van der Waals surface area contributed by atoms with Gasteiger partial charge in [-0.05, 0) is 49.7 Å². The van der Waals surface area contributed by atoms with Gasteiger partial charge in [0, 0.05) is 16.2 Å². The van der Waals surface area contributed by atoms with E-state index < -0.39 is 5.82 Å². The highest BCUT2D eigenvalue weighted by Gasteiger charge is 2.11. The number of rotatable bonds is 3. The lowest BCUT2D eigenvalue weighted by atomic mass is 10.2. The summed E-state index contributed by atoms with van der Waals surface area (Å²) in [4.78, 5) is 5.08. The van der Waals surface area contributed by atoms with Gasteiger partial charge in [-0.3, -0.25) is 0 Å². The average Bonchev–Trinajstić information content (AvgIpc) is 2.38. The molecule has 0 aliphatic carbocycles. The molecular weight excluding hydrogens is 277 g/mol. The minimum Gasteiger partial charge on any atom is -0.409 e. The third kappa shape index (κ3) is 3.27.